The smallest absolute Gasteiger partial charge is 0.138 e. The van der Waals surface area contributed by atoms with E-state index in [9.17, 15) is 0 Å². The quantitative estimate of drug-likeness (QED) is 0.596. The van der Waals surface area contributed by atoms with Crippen molar-refractivity contribution in [1.29, 1.82) is 0 Å². The van der Waals surface area contributed by atoms with Crippen LogP contribution in [-0.2, 0) is 0 Å². The molecular formula is C7H5Cl2N. The Morgan fingerprint density at radius 1 is 1.40 bits per heavy atom. The summed E-state index contributed by atoms with van der Waals surface area (Å²) in [6.45, 7) is 3.55. The minimum atomic E-state index is 0.391. The van der Waals surface area contributed by atoms with Crippen molar-refractivity contribution in [2.75, 3.05) is 0 Å². The van der Waals surface area contributed by atoms with Crippen LogP contribution in [0.25, 0.3) is 6.08 Å². The van der Waals surface area contributed by atoms with Gasteiger partial charge in [0.15, 0.2) is 0 Å². The molecule has 1 heterocycles. The summed E-state index contributed by atoms with van der Waals surface area (Å²) in [7, 11) is 0. The molecule has 0 fully saturated rings. The number of hydrogen-bond acceptors (Lipinski definition) is 1. The second-order valence-corrected chi connectivity index (χ2v) is 2.46. The van der Waals surface area contributed by atoms with Gasteiger partial charge >= 0.3 is 0 Å². The average Bonchev–Trinajstić information content (AvgIpc) is 1.88. The number of halogens is 2. The molecule has 0 aliphatic rings. The van der Waals surface area contributed by atoms with Gasteiger partial charge in [0.05, 0.1) is 0 Å². The third kappa shape index (κ3) is 1.49. The lowest BCUT2D eigenvalue weighted by molar-refractivity contribution is 1.32. The molecule has 0 atom stereocenters. The van der Waals surface area contributed by atoms with Crippen molar-refractivity contribution in [3.05, 3.63) is 34.6 Å². The Labute approximate surface area is 69.3 Å². The summed E-state index contributed by atoms with van der Waals surface area (Å²) < 4.78 is 0. The molecule has 1 aromatic heterocycles. The lowest BCUT2D eigenvalue weighted by Gasteiger charge is -1.95. The zero-order valence-corrected chi connectivity index (χ0v) is 6.65. The maximum Gasteiger partial charge on any atom is 0.138 e. The van der Waals surface area contributed by atoms with Gasteiger partial charge in [-0.1, -0.05) is 35.9 Å². The number of pyridine rings is 1. The number of hydrogen-bond donors (Lipinski definition) is 0. The number of aromatic nitrogens is 1. The van der Waals surface area contributed by atoms with Crippen LogP contribution < -0.4 is 0 Å². The van der Waals surface area contributed by atoms with E-state index in [1.807, 2.05) is 0 Å². The fourth-order valence-electron chi connectivity index (χ4n) is 0.575. The molecule has 0 aliphatic heterocycles. The Morgan fingerprint density at radius 2 is 2.10 bits per heavy atom. The van der Waals surface area contributed by atoms with Crippen LogP contribution in [0.4, 0.5) is 0 Å². The first-order chi connectivity index (χ1) is 4.74. The van der Waals surface area contributed by atoms with Crippen LogP contribution in [0.15, 0.2) is 18.7 Å². The topological polar surface area (TPSA) is 12.9 Å². The number of rotatable bonds is 1. The molecule has 0 saturated heterocycles. The van der Waals surface area contributed by atoms with E-state index in [0.717, 1.165) is 5.56 Å². The van der Waals surface area contributed by atoms with E-state index in [1.54, 1.807) is 18.2 Å². The van der Waals surface area contributed by atoms with Gasteiger partial charge in [-0.2, -0.15) is 0 Å². The van der Waals surface area contributed by atoms with Crippen molar-refractivity contribution < 1.29 is 0 Å². The molecule has 0 N–H and O–H groups in total. The van der Waals surface area contributed by atoms with Crippen LogP contribution >= 0.6 is 23.2 Å². The molecule has 52 valence electrons. The summed E-state index contributed by atoms with van der Waals surface area (Å²) in [6.07, 6.45) is 1.63. The molecule has 0 radical (unpaired) electrons. The zero-order valence-electron chi connectivity index (χ0n) is 5.14. The fourth-order valence-corrected chi connectivity index (χ4v) is 0.997. The first-order valence-corrected chi connectivity index (χ1v) is 3.44. The van der Waals surface area contributed by atoms with Crippen LogP contribution in [0.1, 0.15) is 5.56 Å². The van der Waals surface area contributed by atoms with Gasteiger partial charge in [0.25, 0.3) is 0 Å². The van der Waals surface area contributed by atoms with Crippen molar-refractivity contribution >= 4 is 29.3 Å². The highest BCUT2D eigenvalue weighted by Crippen LogP contribution is 2.16. The van der Waals surface area contributed by atoms with Gasteiger partial charge < -0.3 is 0 Å². The highest BCUT2D eigenvalue weighted by molar-refractivity contribution is 6.33. The first-order valence-electron chi connectivity index (χ1n) is 2.68. The van der Waals surface area contributed by atoms with Gasteiger partial charge in [0, 0.05) is 5.56 Å². The van der Waals surface area contributed by atoms with Gasteiger partial charge in [-0.3, -0.25) is 0 Å². The molecule has 1 rings (SSSR count). The van der Waals surface area contributed by atoms with Crippen LogP contribution in [0.3, 0.4) is 0 Å². The Bertz CT molecular complexity index is 258. The maximum absolute atomic E-state index is 5.66. The maximum atomic E-state index is 5.66. The monoisotopic (exact) mass is 173 g/mol. The van der Waals surface area contributed by atoms with E-state index < -0.39 is 0 Å². The summed E-state index contributed by atoms with van der Waals surface area (Å²) in [5.41, 5.74) is 0.797. The van der Waals surface area contributed by atoms with E-state index in [4.69, 9.17) is 23.2 Å². The van der Waals surface area contributed by atoms with Gasteiger partial charge in [0.2, 0.25) is 0 Å². The fraction of sp³-hybridized carbons (Fsp3) is 0. The predicted molar refractivity (Wildman–Crippen MR) is 44.3 cm³/mol. The molecule has 0 aliphatic carbocycles. The van der Waals surface area contributed by atoms with E-state index in [2.05, 4.69) is 11.6 Å². The van der Waals surface area contributed by atoms with E-state index in [0.29, 0.717) is 10.3 Å². The van der Waals surface area contributed by atoms with Crippen molar-refractivity contribution in [2.45, 2.75) is 0 Å². The second-order valence-electron chi connectivity index (χ2n) is 1.72. The summed E-state index contributed by atoms with van der Waals surface area (Å²) in [6, 6.07) is 3.44. The van der Waals surface area contributed by atoms with E-state index >= 15 is 0 Å². The third-order valence-electron chi connectivity index (χ3n) is 1.06. The normalized spacial score (nSPS) is 9.40. The summed E-state index contributed by atoms with van der Waals surface area (Å²) in [5, 5.41) is 0.790. The minimum absolute atomic E-state index is 0.391. The van der Waals surface area contributed by atoms with E-state index in [1.165, 1.54) is 0 Å². The highest BCUT2D eigenvalue weighted by Gasteiger charge is 1.96. The molecule has 10 heavy (non-hydrogen) atoms. The molecule has 0 bridgehead atoms. The summed E-state index contributed by atoms with van der Waals surface area (Å²) in [4.78, 5) is 3.80. The van der Waals surface area contributed by atoms with Crippen LogP contribution in [-0.4, -0.2) is 4.98 Å². The van der Waals surface area contributed by atoms with Gasteiger partial charge in [-0.05, 0) is 12.1 Å². The second kappa shape index (κ2) is 3.04. The van der Waals surface area contributed by atoms with Crippen LogP contribution in [0, 0.1) is 0 Å². The Morgan fingerprint density at radius 3 is 2.60 bits per heavy atom. The lowest BCUT2D eigenvalue weighted by atomic mass is 10.3. The predicted octanol–water partition coefficient (Wildman–Crippen LogP) is 3.03. The van der Waals surface area contributed by atoms with Gasteiger partial charge in [0.1, 0.15) is 10.3 Å². The molecule has 0 amide bonds. The third-order valence-corrected chi connectivity index (χ3v) is 1.58. The molecule has 0 spiro atoms. The molecule has 1 nitrogen and oxygen atoms in total. The van der Waals surface area contributed by atoms with Crippen molar-refractivity contribution in [3.63, 3.8) is 0 Å². The van der Waals surface area contributed by atoms with Crippen molar-refractivity contribution in [1.82, 2.24) is 4.98 Å². The van der Waals surface area contributed by atoms with E-state index in [-0.39, 0.29) is 0 Å². The largest absolute Gasteiger partial charge is 0.224 e. The Hall–Kier alpha value is -0.530. The molecule has 0 aromatic carbocycles. The Kier molecular flexibility index (Phi) is 2.30. The summed E-state index contributed by atoms with van der Waals surface area (Å²) in [5.74, 6) is 0. The average molecular weight is 174 g/mol. The standard InChI is InChI=1S/C7H5Cl2N/c1-2-5-3-4-6(8)10-7(5)9/h2-4H,1H2. The van der Waals surface area contributed by atoms with Gasteiger partial charge in [-0.25, -0.2) is 4.98 Å². The zero-order chi connectivity index (χ0) is 7.56. The van der Waals surface area contributed by atoms with Crippen molar-refractivity contribution in [3.8, 4) is 0 Å². The molecule has 0 saturated carbocycles. The van der Waals surface area contributed by atoms with Gasteiger partial charge in [-0.15, -0.1) is 0 Å². The SMILES string of the molecule is C=Cc1ccc(Cl)nc1Cl. The molecule has 0 unspecified atom stereocenters. The van der Waals surface area contributed by atoms with Crippen LogP contribution in [0.2, 0.25) is 10.3 Å². The minimum Gasteiger partial charge on any atom is -0.224 e. The van der Waals surface area contributed by atoms with Crippen LogP contribution in [0.5, 0.6) is 0 Å². The number of nitrogens with zero attached hydrogens (tertiary/aromatic N) is 1. The van der Waals surface area contributed by atoms with Crippen molar-refractivity contribution in [2.24, 2.45) is 0 Å². The molecule has 1 aromatic rings. The first kappa shape index (κ1) is 7.58. The Balaban J connectivity index is 3.19. The molecule has 3 heteroatoms. The lowest BCUT2D eigenvalue weighted by Crippen LogP contribution is -1.79. The summed E-state index contributed by atoms with van der Waals surface area (Å²) >= 11 is 11.2. The highest BCUT2D eigenvalue weighted by atomic mass is 35.5. The molecular weight excluding hydrogens is 169 g/mol.